The van der Waals surface area contributed by atoms with Gasteiger partial charge in [0.05, 0.1) is 18.2 Å². The third-order valence-corrected chi connectivity index (χ3v) is 3.39. The van der Waals surface area contributed by atoms with Gasteiger partial charge in [0.25, 0.3) is 0 Å². The Morgan fingerprint density at radius 1 is 1.45 bits per heavy atom. The van der Waals surface area contributed by atoms with Crippen LogP contribution in [0, 0.1) is 0 Å². The molecule has 1 rings (SSSR count). The Bertz CT molecular complexity index is 461. The van der Waals surface area contributed by atoms with Crippen LogP contribution in [0.3, 0.4) is 0 Å². The summed E-state index contributed by atoms with van der Waals surface area (Å²) < 4.78 is 11.8. The van der Waals surface area contributed by atoms with Gasteiger partial charge in [-0.2, -0.15) is 0 Å². The zero-order valence-electron chi connectivity index (χ0n) is 12.2. The normalized spacial score (nSPS) is 11.2. The molecule has 0 aromatic heterocycles. The fraction of sp³-hybridized carbons (Fsp3) is 0.467. The summed E-state index contributed by atoms with van der Waals surface area (Å²) in [6, 6.07) is 3.89. The van der Waals surface area contributed by atoms with E-state index >= 15 is 0 Å². The predicted octanol–water partition coefficient (Wildman–Crippen LogP) is 2.88. The molecule has 1 aromatic rings. The molecular weight excluding hydrogens is 322 g/mol. The molecule has 0 saturated carbocycles. The molecule has 0 unspecified atom stereocenters. The monoisotopic (exact) mass is 343 g/mol. The number of hydrogen-bond donors (Lipinski definition) is 2. The van der Waals surface area contributed by atoms with E-state index in [4.69, 9.17) is 9.47 Å². The molecule has 0 heterocycles. The van der Waals surface area contributed by atoms with E-state index in [-0.39, 0.29) is 12.1 Å². The van der Waals surface area contributed by atoms with Gasteiger partial charge in [-0.05, 0) is 47.5 Å². The van der Waals surface area contributed by atoms with E-state index < -0.39 is 0 Å². The molecule has 0 saturated heterocycles. The van der Waals surface area contributed by atoms with Crippen LogP contribution in [0.1, 0.15) is 19.4 Å². The fourth-order valence-corrected chi connectivity index (χ4v) is 2.16. The Hall–Kier alpha value is -1.04. The Morgan fingerprint density at radius 2 is 2.15 bits per heavy atom. The smallest absolute Gasteiger partial charge is 0.175 e. The van der Waals surface area contributed by atoms with E-state index in [9.17, 15) is 5.11 Å². The highest BCUT2D eigenvalue weighted by atomic mass is 79.9. The van der Waals surface area contributed by atoms with Gasteiger partial charge in [-0.1, -0.05) is 12.7 Å². The molecule has 0 aliphatic carbocycles. The number of benzene rings is 1. The maximum atomic E-state index is 9.24. The molecule has 0 fully saturated rings. The molecule has 0 aliphatic heterocycles. The lowest BCUT2D eigenvalue weighted by atomic mass is 10.1. The Kier molecular flexibility index (Phi) is 6.52. The molecule has 0 radical (unpaired) electrons. The van der Waals surface area contributed by atoms with E-state index in [1.54, 1.807) is 13.2 Å². The Labute approximate surface area is 128 Å². The average molecular weight is 344 g/mol. The van der Waals surface area contributed by atoms with Crippen molar-refractivity contribution < 1.29 is 14.6 Å². The minimum Gasteiger partial charge on any atom is -0.493 e. The van der Waals surface area contributed by atoms with Crippen LogP contribution in [-0.4, -0.2) is 31.0 Å². The van der Waals surface area contributed by atoms with Gasteiger partial charge in [-0.25, -0.2) is 0 Å². The largest absolute Gasteiger partial charge is 0.493 e. The van der Waals surface area contributed by atoms with Crippen molar-refractivity contribution in [3.63, 3.8) is 0 Å². The van der Waals surface area contributed by atoms with Gasteiger partial charge in [-0.3, -0.25) is 0 Å². The maximum Gasteiger partial charge on any atom is 0.175 e. The standard InChI is InChI=1S/C15H22BrNO3/c1-5-6-20-14-12(16)7-11(8-13(14)19-4)9-17-15(2,3)10-18/h5,7-8,17-18H,1,6,9-10H2,2-4H3. The number of aliphatic hydroxyl groups excluding tert-OH is 1. The van der Waals surface area contributed by atoms with Crippen molar-refractivity contribution >= 4 is 15.9 Å². The highest BCUT2D eigenvalue weighted by Gasteiger charge is 2.16. The van der Waals surface area contributed by atoms with Crippen molar-refractivity contribution in [2.24, 2.45) is 0 Å². The zero-order chi connectivity index (χ0) is 15.2. The van der Waals surface area contributed by atoms with Gasteiger partial charge >= 0.3 is 0 Å². The molecule has 20 heavy (non-hydrogen) atoms. The van der Waals surface area contributed by atoms with Crippen LogP contribution >= 0.6 is 15.9 Å². The van der Waals surface area contributed by atoms with Crippen LogP contribution in [0.15, 0.2) is 29.3 Å². The van der Waals surface area contributed by atoms with Crippen LogP contribution in [-0.2, 0) is 6.54 Å². The van der Waals surface area contributed by atoms with Gasteiger partial charge in [0.15, 0.2) is 11.5 Å². The van der Waals surface area contributed by atoms with Gasteiger partial charge < -0.3 is 19.9 Å². The molecule has 0 amide bonds. The number of rotatable bonds is 8. The molecule has 0 aliphatic rings. The Balaban J connectivity index is 2.90. The number of nitrogens with one attached hydrogen (secondary N) is 1. The molecular formula is C15H22BrNO3. The highest BCUT2D eigenvalue weighted by Crippen LogP contribution is 2.36. The SMILES string of the molecule is C=CCOc1c(Br)cc(CNC(C)(C)CO)cc1OC. The first-order chi connectivity index (χ1) is 9.43. The van der Waals surface area contributed by atoms with Crippen LogP contribution in [0.4, 0.5) is 0 Å². The Morgan fingerprint density at radius 3 is 2.70 bits per heavy atom. The first kappa shape index (κ1) is 17.0. The summed E-state index contributed by atoms with van der Waals surface area (Å²) in [7, 11) is 1.61. The summed E-state index contributed by atoms with van der Waals surface area (Å²) in [6.45, 7) is 8.65. The van der Waals surface area contributed by atoms with Crippen LogP contribution < -0.4 is 14.8 Å². The fourth-order valence-electron chi connectivity index (χ4n) is 1.55. The van der Waals surface area contributed by atoms with E-state index in [1.165, 1.54) is 0 Å². The topological polar surface area (TPSA) is 50.7 Å². The lowest BCUT2D eigenvalue weighted by Gasteiger charge is -2.24. The molecule has 0 bridgehead atoms. The van der Waals surface area contributed by atoms with Crippen LogP contribution in [0.25, 0.3) is 0 Å². The number of halogens is 1. The van der Waals surface area contributed by atoms with E-state index in [2.05, 4.69) is 27.8 Å². The van der Waals surface area contributed by atoms with Gasteiger partial charge in [0, 0.05) is 12.1 Å². The zero-order valence-corrected chi connectivity index (χ0v) is 13.8. The third-order valence-electron chi connectivity index (χ3n) is 2.80. The highest BCUT2D eigenvalue weighted by molar-refractivity contribution is 9.10. The average Bonchev–Trinajstić information content (AvgIpc) is 2.43. The first-order valence-electron chi connectivity index (χ1n) is 6.39. The summed E-state index contributed by atoms with van der Waals surface area (Å²) >= 11 is 3.49. The quantitative estimate of drug-likeness (QED) is 0.712. The molecule has 4 nitrogen and oxygen atoms in total. The van der Waals surface area contributed by atoms with E-state index in [1.807, 2.05) is 26.0 Å². The van der Waals surface area contributed by atoms with Crippen molar-refractivity contribution in [1.29, 1.82) is 0 Å². The lowest BCUT2D eigenvalue weighted by Crippen LogP contribution is -2.42. The molecule has 0 spiro atoms. The summed E-state index contributed by atoms with van der Waals surface area (Å²) in [5.74, 6) is 1.33. The molecule has 5 heteroatoms. The van der Waals surface area contributed by atoms with Crippen molar-refractivity contribution in [3.05, 3.63) is 34.8 Å². The minimum absolute atomic E-state index is 0.0752. The minimum atomic E-state index is -0.322. The lowest BCUT2D eigenvalue weighted by molar-refractivity contribution is 0.187. The van der Waals surface area contributed by atoms with Crippen molar-refractivity contribution in [1.82, 2.24) is 5.32 Å². The second kappa shape index (κ2) is 7.67. The summed E-state index contributed by atoms with van der Waals surface area (Å²) in [5, 5.41) is 12.5. The second-order valence-corrected chi connectivity index (χ2v) is 5.96. The predicted molar refractivity (Wildman–Crippen MR) is 84.4 cm³/mol. The second-order valence-electron chi connectivity index (χ2n) is 5.10. The van der Waals surface area contributed by atoms with Crippen molar-refractivity contribution in [2.75, 3.05) is 20.3 Å². The number of hydrogen-bond acceptors (Lipinski definition) is 4. The van der Waals surface area contributed by atoms with Crippen LogP contribution in [0.2, 0.25) is 0 Å². The number of ether oxygens (including phenoxy) is 2. The summed E-state index contributed by atoms with van der Waals surface area (Å²) in [4.78, 5) is 0. The summed E-state index contributed by atoms with van der Waals surface area (Å²) in [5.41, 5.74) is 0.721. The van der Waals surface area contributed by atoms with Crippen molar-refractivity contribution in [3.8, 4) is 11.5 Å². The number of aliphatic hydroxyl groups is 1. The molecule has 112 valence electrons. The molecule has 0 atom stereocenters. The third kappa shape index (κ3) is 4.81. The van der Waals surface area contributed by atoms with Gasteiger partial charge in [-0.15, -0.1) is 0 Å². The summed E-state index contributed by atoms with van der Waals surface area (Å²) in [6.07, 6.45) is 1.69. The molecule has 1 aromatic carbocycles. The first-order valence-corrected chi connectivity index (χ1v) is 7.19. The van der Waals surface area contributed by atoms with E-state index in [0.29, 0.717) is 24.7 Å². The van der Waals surface area contributed by atoms with Crippen molar-refractivity contribution in [2.45, 2.75) is 25.9 Å². The molecule has 2 N–H and O–H groups in total. The maximum absolute atomic E-state index is 9.24. The van der Waals surface area contributed by atoms with E-state index in [0.717, 1.165) is 10.0 Å². The number of methoxy groups -OCH3 is 1. The van der Waals surface area contributed by atoms with Crippen LogP contribution in [0.5, 0.6) is 11.5 Å². The van der Waals surface area contributed by atoms with Gasteiger partial charge in [0.2, 0.25) is 0 Å². The van der Waals surface area contributed by atoms with Gasteiger partial charge in [0.1, 0.15) is 6.61 Å².